The van der Waals surface area contributed by atoms with Crippen LogP contribution >= 0.6 is 0 Å². The monoisotopic (exact) mass is 406 g/mol. The van der Waals surface area contributed by atoms with Gasteiger partial charge in [0.15, 0.2) is 0 Å². The number of aromatic nitrogens is 2. The van der Waals surface area contributed by atoms with E-state index >= 15 is 0 Å². The lowest BCUT2D eigenvalue weighted by Crippen LogP contribution is -2.20. The van der Waals surface area contributed by atoms with E-state index in [2.05, 4.69) is 113 Å². The van der Waals surface area contributed by atoms with Crippen LogP contribution in [0.3, 0.4) is 0 Å². The van der Waals surface area contributed by atoms with Crippen molar-refractivity contribution in [2.45, 2.75) is 44.9 Å². The molecule has 2 nitrogen and oxygen atoms in total. The van der Waals surface area contributed by atoms with Crippen molar-refractivity contribution < 1.29 is 0 Å². The van der Waals surface area contributed by atoms with E-state index in [0.717, 1.165) is 17.8 Å². The van der Waals surface area contributed by atoms with Gasteiger partial charge in [-0.2, -0.15) is 0 Å². The molecule has 0 spiro atoms. The minimum Gasteiger partial charge on any atom is -0.260 e. The molecule has 0 bridgehead atoms. The zero-order valence-corrected chi connectivity index (χ0v) is 18.8. The summed E-state index contributed by atoms with van der Waals surface area (Å²) < 4.78 is 0. The number of rotatable bonds is 6. The Morgan fingerprint density at radius 2 is 0.903 bits per heavy atom. The van der Waals surface area contributed by atoms with Gasteiger partial charge in [-0.15, -0.1) is 0 Å². The summed E-state index contributed by atoms with van der Waals surface area (Å²) in [5.74, 6) is 0. The molecule has 2 heterocycles. The average molecular weight is 407 g/mol. The van der Waals surface area contributed by atoms with Crippen molar-refractivity contribution in [3.63, 3.8) is 0 Å². The Morgan fingerprint density at radius 3 is 1.23 bits per heavy atom. The van der Waals surface area contributed by atoms with Crippen LogP contribution in [-0.2, 0) is 17.3 Å². The summed E-state index contributed by atoms with van der Waals surface area (Å²) in [5, 5.41) is 0. The average Bonchev–Trinajstić information content (AvgIpc) is 2.81. The maximum absolute atomic E-state index is 4.80. The maximum atomic E-state index is 4.80. The highest BCUT2D eigenvalue weighted by Crippen LogP contribution is 2.31. The molecule has 0 aliphatic carbocycles. The van der Waals surface area contributed by atoms with Crippen LogP contribution in [-0.4, -0.2) is 9.97 Å². The highest BCUT2D eigenvalue weighted by molar-refractivity contribution is 5.37. The topological polar surface area (TPSA) is 25.8 Å². The van der Waals surface area contributed by atoms with Crippen molar-refractivity contribution in [2.75, 3.05) is 0 Å². The Kier molecular flexibility index (Phi) is 5.73. The van der Waals surface area contributed by atoms with Gasteiger partial charge in [-0.1, -0.05) is 100 Å². The summed E-state index contributed by atoms with van der Waals surface area (Å²) in [6, 6.07) is 29.8. The van der Waals surface area contributed by atoms with Gasteiger partial charge in [-0.05, 0) is 34.4 Å². The molecule has 0 saturated carbocycles. The van der Waals surface area contributed by atoms with Crippen LogP contribution in [0.15, 0.2) is 97.3 Å². The van der Waals surface area contributed by atoms with Crippen LogP contribution in [0.25, 0.3) is 0 Å². The lowest BCUT2D eigenvalue weighted by molar-refractivity contribution is 0.615. The standard InChI is InChI=1S/C29H30N2/c1-28(2,24-11-7-5-8-12-24)26-17-15-22(20-30-26)19-23-16-18-27(31-21-23)29(3,4)25-13-9-6-10-14-25/h5-18,20-21H,19H2,1-4H3. The Balaban J connectivity index is 1.49. The molecule has 0 unspecified atom stereocenters. The normalized spacial score (nSPS) is 12.0. The van der Waals surface area contributed by atoms with Crippen LogP contribution in [0.4, 0.5) is 0 Å². The van der Waals surface area contributed by atoms with Crippen LogP contribution in [0.2, 0.25) is 0 Å². The summed E-state index contributed by atoms with van der Waals surface area (Å²) in [4.78, 5) is 9.60. The first-order valence-corrected chi connectivity index (χ1v) is 10.9. The zero-order valence-electron chi connectivity index (χ0n) is 18.8. The second kappa shape index (κ2) is 8.47. The number of hydrogen-bond acceptors (Lipinski definition) is 2. The molecule has 0 N–H and O–H groups in total. The van der Waals surface area contributed by atoms with E-state index in [1.807, 2.05) is 12.4 Å². The highest BCUT2D eigenvalue weighted by Gasteiger charge is 2.25. The van der Waals surface area contributed by atoms with Crippen molar-refractivity contribution in [2.24, 2.45) is 0 Å². The molecular weight excluding hydrogens is 376 g/mol. The quantitative estimate of drug-likeness (QED) is 0.355. The molecule has 2 aromatic carbocycles. The third-order valence-electron chi connectivity index (χ3n) is 6.33. The summed E-state index contributed by atoms with van der Waals surface area (Å²) >= 11 is 0. The minimum atomic E-state index is -0.119. The van der Waals surface area contributed by atoms with E-state index in [1.54, 1.807) is 0 Å². The van der Waals surface area contributed by atoms with E-state index in [9.17, 15) is 0 Å². The van der Waals surface area contributed by atoms with E-state index in [4.69, 9.17) is 9.97 Å². The Bertz CT molecular complexity index is 1020. The van der Waals surface area contributed by atoms with E-state index < -0.39 is 0 Å². The molecule has 156 valence electrons. The zero-order chi connectivity index (χ0) is 21.9. The Morgan fingerprint density at radius 1 is 0.516 bits per heavy atom. The van der Waals surface area contributed by atoms with Gasteiger partial charge in [-0.3, -0.25) is 9.97 Å². The molecule has 31 heavy (non-hydrogen) atoms. The van der Waals surface area contributed by atoms with E-state index in [0.29, 0.717) is 0 Å². The van der Waals surface area contributed by atoms with Gasteiger partial charge >= 0.3 is 0 Å². The van der Waals surface area contributed by atoms with Crippen molar-refractivity contribution >= 4 is 0 Å². The smallest absolute Gasteiger partial charge is 0.0503 e. The molecule has 0 fully saturated rings. The van der Waals surface area contributed by atoms with Gasteiger partial charge in [-0.25, -0.2) is 0 Å². The van der Waals surface area contributed by atoms with Gasteiger partial charge in [0.1, 0.15) is 0 Å². The van der Waals surface area contributed by atoms with Gasteiger partial charge in [0, 0.05) is 29.6 Å². The summed E-state index contributed by atoms with van der Waals surface area (Å²) in [5.41, 5.74) is 6.88. The molecule has 0 atom stereocenters. The van der Waals surface area contributed by atoms with Gasteiger partial charge in [0.05, 0.1) is 11.4 Å². The van der Waals surface area contributed by atoms with Crippen molar-refractivity contribution in [1.82, 2.24) is 9.97 Å². The summed E-state index contributed by atoms with van der Waals surface area (Å²) in [6.07, 6.45) is 4.84. The van der Waals surface area contributed by atoms with Crippen LogP contribution in [0.5, 0.6) is 0 Å². The van der Waals surface area contributed by atoms with E-state index in [1.165, 1.54) is 22.3 Å². The Hall–Kier alpha value is -3.26. The fraction of sp³-hybridized carbons (Fsp3) is 0.241. The lowest BCUT2D eigenvalue weighted by Gasteiger charge is -2.25. The van der Waals surface area contributed by atoms with Crippen LogP contribution in [0.1, 0.15) is 61.3 Å². The number of pyridine rings is 2. The second-order valence-corrected chi connectivity index (χ2v) is 9.26. The van der Waals surface area contributed by atoms with E-state index in [-0.39, 0.29) is 10.8 Å². The minimum absolute atomic E-state index is 0.119. The first kappa shape index (κ1) is 21.0. The summed E-state index contributed by atoms with van der Waals surface area (Å²) in [7, 11) is 0. The largest absolute Gasteiger partial charge is 0.260 e. The molecular formula is C29H30N2. The molecule has 0 aliphatic heterocycles. The second-order valence-electron chi connectivity index (χ2n) is 9.26. The highest BCUT2D eigenvalue weighted by atomic mass is 14.7. The molecule has 0 saturated heterocycles. The van der Waals surface area contributed by atoms with Crippen molar-refractivity contribution in [3.8, 4) is 0 Å². The third kappa shape index (κ3) is 4.44. The van der Waals surface area contributed by atoms with Crippen molar-refractivity contribution in [1.29, 1.82) is 0 Å². The number of benzene rings is 2. The first-order chi connectivity index (χ1) is 14.9. The molecule has 0 aliphatic rings. The third-order valence-corrected chi connectivity index (χ3v) is 6.33. The fourth-order valence-corrected chi connectivity index (χ4v) is 4.04. The lowest BCUT2D eigenvalue weighted by atomic mass is 9.81. The SMILES string of the molecule is CC(C)(c1ccccc1)c1ccc(Cc2ccc(C(C)(C)c3ccccc3)nc2)cn1. The maximum Gasteiger partial charge on any atom is 0.0503 e. The predicted molar refractivity (Wildman–Crippen MR) is 128 cm³/mol. The van der Waals surface area contributed by atoms with Crippen molar-refractivity contribution in [3.05, 3.63) is 131 Å². The first-order valence-electron chi connectivity index (χ1n) is 10.9. The van der Waals surface area contributed by atoms with Crippen LogP contribution in [0, 0.1) is 0 Å². The Labute approximate surface area is 186 Å². The molecule has 0 amide bonds. The number of nitrogens with zero attached hydrogens (tertiary/aromatic N) is 2. The molecule has 4 aromatic rings. The van der Waals surface area contributed by atoms with Gasteiger partial charge in [0.25, 0.3) is 0 Å². The predicted octanol–water partition coefficient (Wildman–Crippen LogP) is 6.72. The molecule has 4 rings (SSSR count). The molecule has 0 radical (unpaired) electrons. The molecule has 2 aromatic heterocycles. The van der Waals surface area contributed by atoms with Gasteiger partial charge in [0.2, 0.25) is 0 Å². The van der Waals surface area contributed by atoms with Crippen LogP contribution < -0.4 is 0 Å². The number of hydrogen-bond donors (Lipinski definition) is 0. The summed E-state index contributed by atoms with van der Waals surface area (Å²) in [6.45, 7) is 8.89. The fourth-order valence-electron chi connectivity index (χ4n) is 4.04. The van der Waals surface area contributed by atoms with Gasteiger partial charge < -0.3 is 0 Å². The molecule has 2 heteroatoms.